The molecule has 4 aromatic rings. The molecular formula is C21H18FN5O2. The number of hydrogen-bond acceptors (Lipinski definition) is 4. The third kappa shape index (κ3) is 3.77. The van der Waals surface area contributed by atoms with E-state index < -0.39 is 11.9 Å². The SMILES string of the molecule is Cn1ccnc1[C@@H](NC(=O)Cc1n[nH]c(=O)c2ccccc12)c1cccc(F)c1. The maximum absolute atomic E-state index is 13.8. The van der Waals surface area contributed by atoms with Crippen LogP contribution in [0.25, 0.3) is 10.8 Å². The molecule has 2 aromatic heterocycles. The molecule has 0 aliphatic carbocycles. The number of fused-ring (bicyclic) bond motifs is 1. The molecule has 1 atom stereocenters. The van der Waals surface area contributed by atoms with E-state index in [9.17, 15) is 14.0 Å². The number of aryl methyl sites for hydroxylation is 1. The summed E-state index contributed by atoms with van der Waals surface area (Å²) in [5, 5.41) is 10.5. The van der Waals surface area contributed by atoms with E-state index in [1.165, 1.54) is 12.1 Å². The van der Waals surface area contributed by atoms with Crippen LogP contribution in [0.4, 0.5) is 4.39 Å². The zero-order chi connectivity index (χ0) is 20.4. The number of nitrogens with zero attached hydrogens (tertiary/aromatic N) is 3. The number of halogens is 1. The van der Waals surface area contributed by atoms with Gasteiger partial charge in [-0.25, -0.2) is 14.5 Å². The Kier molecular flexibility index (Phi) is 4.90. The van der Waals surface area contributed by atoms with Crippen LogP contribution in [0.1, 0.15) is 23.1 Å². The third-order valence-electron chi connectivity index (χ3n) is 4.71. The Morgan fingerprint density at radius 2 is 2.00 bits per heavy atom. The molecule has 0 unspecified atom stereocenters. The molecule has 2 heterocycles. The molecule has 8 heteroatoms. The van der Waals surface area contributed by atoms with Crippen LogP contribution in [0.3, 0.4) is 0 Å². The lowest BCUT2D eigenvalue weighted by Gasteiger charge is -2.19. The number of aromatic amines is 1. The lowest BCUT2D eigenvalue weighted by molar-refractivity contribution is -0.121. The highest BCUT2D eigenvalue weighted by atomic mass is 19.1. The first-order chi connectivity index (χ1) is 14.0. The van der Waals surface area contributed by atoms with Crippen LogP contribution in [0.2, 0.25) is 0 Å². The zero-order valence-electron chi connectivity index (χ0n) is 15.6. The summed E-state index contributed by atoms with van der Waals surface area (Å²) >= 11 is 0. The minimum absolute atomic E-state index is 0.0481. The van der Waals surface area contributed by atoms with Gasteiger partial charge < -0.3 is 9.88 Å². The standard InChI is InChI=1S/C21H18FN5O2/c1-27-10-9-23-20(27)19(13-5-4-6-14(22)11-13)24-18(28)12-17-15-7-2-3-8-16(15)21(29)26-25-17/h2-11,19H,12H2,1H3,(H,24,28)(H,26,29)/t19-/m0/s1. The van der Waals surface area contributed by atoms with Gasteiger partial charge in [0.15, 0.2) is 0 Å². The molecule has 0 spiro atoms. The van der Waals surface area contributed by atoms with E-state index in [0.29, 0.717) is 27.9 Å². The van der Waals surface area contributed by atoms with Crippen LogP contribution in [-0.4, -0.2) is 25.7 Å². The van der Waals surface area contributed by atoms with Gasteiger partial charge in [-0.1, -0.05) is 30.3 Å². The summed E-state index contributed by atoms with van der Waals surface area (Å²) in [4.78, 5) is 29.1. The molecular weight excluding hydrogens is 373 g/mol. The summed E-state index contributed by atoms with van der Waals surface area (Å²) in [5.41, 5.74) is 0.720. The van der Waals surface area contributed by atoms with Crippen LogP contribution in [0.5, 0.6) is 0 Å². The van der Waals surface area contributed by atoms with Gasteiger partial charge in [-0.15, -0.1) is 0 Å². The zero-order valence-corrected chi connectivity index (χ0v) is 15.6. The third-order valence-corrected chi connectivity index (χ3v) is 4.71. The topological polar surface area (TPSA) is 92.7 Å². The van der Waals surface area contributed by atoms with Crippen LogP contribution < -0.4 is 10.9 Å². The molecule has 4 rings (SSSR count). The van der Waals surface area contributed by atoms with E-state index >= 15 is 0 Å². The van der Waals surface area contributed by atoms with Crippen molar-refractivity contribution in [3.05, 3.63) is 94.2 Å². The number of aromatic nitrogens is 4. The minimum atomic E-state index is -0.632. The maximum Gasteiger partial charge on any atom is 0.272 e. The number of rotatable bonds is 5. The van der Waals surface area contributed by atoms with Crippen molar-refractivity contribution in [1.29, 1.82) is 0 Å². The Labute approximate surface area is 165 Å². The second kappa shape index (κ2) is 7.67. The lowest BCUT2D eigenvalue weighted by Crippen LogP contribution is -2.32. The molecule has 7 nitrogen and oxygen atoms in total. The van der Waals surface area contributed by atoms with Gasteiger partial charge in [0.25, 0.3) is 5.56 Å². The Morgan fingerprint density at radius 1 is 1.21 bits per heavy atom. The second-order valence-corrected chi connectivity index (χ2v) is 6.67. The number of H-pyrrole nitrogens is 1. The van der Waals surface area contributed by atoms with Gasteiger partial charge in [-0.3, -0.25) is 9.59 Å². The predicted molar refractivity (Wildman–Crippen MR) is 106 cm³/mol. The molecule has 2 aromatic carbocycles. The fourth-order valence-electron chi connectivity index (χ4n) is 3.31. The highest BCUT2D eigenvalue weighted by Gasteiger charge is 2.22. The van der Waals surface area contributed by atoms with E-state index in [0.717, 1.165) is 0 Å². The quantitative estimate of drug-likeness (QED) is 0.546. The molecule has 0 radical (unpaired) electrons. The normalized spacial score (nSPS) is 12.1. The largest absolute Gasteiger partial charge is 0.342 e. The molecule has 1 amide bonds. The summed E-state index contributed by atoms with van der Waals surface area (Å²) in [5.74, 6) is -0.153. The Bertz CT molecular complexity index is 1250. The number of carbonyl (C=O) groups is 1. The Hall–Kier alpha value is -3.81. The number of hydrogen-bond donors (Lipinski definition) is 2. The number of nitrogens with one attached hydrogen (secondary N) is 2. The number of amides is 1. The fourth-order valence-corrected chi connectivity index (χ4v) is 3.31. The molecule has 0 aliphatic heterocycles. The maximum atomic E-state index is 13.8. The molecule has 0 aliphatic rings. The van der Waals surface area contributed by atoms with Crippen LogP contribution >= 0.6 is 0 Å². The summed E-state index contributed by atoms with van der Waals surface area (Å²) in [6.45, 7) is 0. The first-order valence-electron chi connectivity index (χ1n) is 9.01. The predicted octanol–water partition coefficient (Wildman–Crippen LogP) is 2.24. The fraction of sp³-hybridized carbons (Fsp3) is 0.143. The van der Waals surface area contributed by atoms with Crippen molar-refractivity contribution in [3.8, 4) is 0 Å². The molecule has 146 valence electrons. The van der Waals surface area contributed by atoms with Gasteiger partial charge in [0.05, 0.1) is 17.5 Å². The number of carbonyl (C=O) groups excluding carboxylic acids is 1. The highest BCUT2D eigenvalue weighted by Crippen LogP contribution is 2.22. The van der Waals surface area contributed by atoms with Gasteiger partial charge in [0, 0.05) is 24.8 Å². The van der Waals surface area contributed by atoms with Crippen molar-refractivity contribution < 1.29 is 9.18 Å². The van der Waals surface area contributed by atoms with Crippen LogP contribution in [0.15, 0.2) is 65.7 Å². The van der Waals surface area contributed by atoms with E-state index in [1.54, 1.807) is 60.4 Å². The Balaban J connectivity index is 1.65. The molecule has 0 saturated carbocycles. The highest BCUT2D eigenvalue weighted by molar-refractivity contribution is 5.88. The molecule has 0 fully saturated rings. The second-order valence-electron chi connectivity index (χ2n) is 6.67. The summed E-state index contributed by atoms with van der Waals surface area (Å²) in [6.07, 6.45) is 3.32. The van der Waals surface area contributed by atoms with Crippen molar-refractivity contribution in [2.75, 3.05) is 0 Å². The van der Waals surface area contributed by atoms with Gasteiger partial charge in [0.1, 0.15) is 17.7 Å². The van der Waals surface area contributed by atoms with Gasteiger partial charge in [0.2, 0.25) is 5.91 Å². The first kappa shape index (κ1) is 18.5. The van der Waals surface area contributed by atoms with Crippen molar-refractivity contribution in [1.82, 2.24) is 25.1 Å². The molecule has 29 heavy (non-hydrogen) atoms. The van der Waals surface area contributed by atoms with Crippen molar-refractivity contribution in [2.45, 2.75) is 12.5 Å². The summed E-state index contributed by atoms with van der Waals surface area (Å²) in [7, 11) is 1.80. The average molecular weight is 391 g/mol. The average Bonchev–Trinajstić information content (AvgIpc) is 3.14. The number of benzene rings is 2. The van der Waals surface area contributed by atoms with E-state index in [4.69, 9.17) is 0 Å². The van der Waals surface area contributed by atoms with Crippen molar-refractivity contribution >= 4 is 16.7 Å². The van der Waals surface area contributed by atoms with E-state index in [-0.39, 0.29) is 17.9 Å². The smallest absolute Gasteiger partial charge is 0.272 e. The number of imidazole rings is 1. The molecule has 0 saturated heterocycles. The van der Waals surface area contributed by atoms with Gasteiger partial charge in [-0.2, -0.15) is 5.10 Å². The lowest BCUT2D eigenvalue weighted by atomic mass is 10.0. The van der Waals surface area contributed by atoms with Crippen LogP contribution in [-0.2, 0) is 18.3 Å². The summed E-state index contributed by atoms with van der Waals surface area (Å²) < 4.78 is 15.6. The van der Waals surface area contributed by atoms with E-state index in [2.05, 4.69) is 20.5 Å². The summed E-state index contributed by atoms with van der Waals surface area (Å²) in [6, 6.07) is 12.4. The minimum Gasteiger partial charge on any atom is -0.342 e. The monoisotopic (exact) mass is 391 g/mol. The molecule has 2 N–H and O–H groups in total. The van der Waals surface area contributed by atoms with Gasteiger partial charge >= 0.3 is 0 Å². The van der Waals surface area contributed by atoms with Gasteiger partial charge in [-0.05, 0) is 23.8 Å². The van der Waals surface area contributed by atoms with Crippen molar-refractivity contribution in [3.63, 3.8) is 0 Å². The first-order valence-corrected chi connectivity index (χ1v) is 9.01. The van der Waals surface area contributed by atoms with E-state index in [1.807, 2.05) is 0 Å². The Morgan fingerprint density at radius 3 is 2.72 bits per heavy atom. The van der Waals surface area contributed by atoms with Crippen LogP contribution in [0, 0.1) is 5.82 Å². The molecule has 0 bridgehead atoms. The van der Waals surface area contributed by atoms with Crippen molar-refractivity contribution in [2.24, 2.45) is 7.05 Å².